The van der Waals surface area contributed by atoms with Gasteiger partial charge in [0.25, 0.3) is 0 Å². The Hall–Kier alpha value is -7.18. The molecule has 0 unspecified atom stereocenters. The van der Waals surface area contributed by atoms with E-state index < -0.39 is 0 Å². The summed E-state index contributed by atoms with van der Waals surface area (Å²) in [5.74, 6) is 0. The van der Waals surface area contributed by atoms with E-state index in [-0.39, 0.29) is 0 Å². The summed E-state index contributed by atoms with van der Waals surface area (Å²) < 4.78 is 0. The predicted molar refractivity (Wildman–Crippen MR) is 280 cm³/mol. The number of rotatable bonds is 0. The summed E-state index contributed by atoms with van der Waals surface area (Å²) in [4.78, 5) is 9.48. The molecule has 0 aliphatic carbocycles. The van der Waals surface area contributed by atoms with Crippen LogP contribution in [0.1, 0.15) is 44.5 Å². The molecule has 0 atom stereocenters. The van der Waals surface area contributed by atoms with Crippen LogP contribution >= 0.6 is 0 Å². The van der Waals surface area contributed by atoms with Crippen LogP contribution in [0.25, 0.3) is 43.5 Å². The van der Waals surface area contributed by atoms with E-state index in [4.69, 9.17) is 0 Å². The van der Waals surface area contributed by atoms with Gasteiger partial charge >= 0.3 is 0 Å². The smallest absolute Gasteiger partial charge is 0.0606 e. The lowest BCUT2D eigenvalue weighted by atomic mass is 10.1. The van der Waals surface area contributed by atoms with Gasteiger partial charge in [0, 0.05) is 81.3 Å². The lowest BCUT2D eigenvalue weighted by Gasteiger charge is -2.00. The van der Waals surface area contributed by atoms with Gasteiger partial charge in [-0.15, -0.1) is 0 Å². The monoisotopic (exact) mass is 840 g/mol. The van der Waals surface area contributed by atoms with Crippen molar-refractivity contribution in [3.63, 3.8) is 0 Å². The zero-order valence-corrected chi connectivity index (χ0v) is 38.6. The van der Waals surface area contributed by atoms with Crippen LogP contribution in [-0.4, -0.2) is 29.3 Å². The number of benzene rings is 7. The highest BCUT2D eigenvalue weighted by Crippen LogP contribution is 2.29. The topological polar surface area (TPSA) is 71.4 Å². The van der Waals surface area contributed by atoms with Gasteiger partial charge in [-0.2, -0.15) is 0 Å². The molecule has 0 amide bonds. The van der Waals surface area contributed by atoms with Crippen molar-refractivity contribution in [1.29, 1.82) is 0 Å². The second-order valence-corrected chi connectivity index (χ2v) is 16.1. The van der Waals surface area contributed by atoms with Crippen molar-refractivity contribution in [2.24, 2.45) is 0 Å². The molecule has 64 heavy (non-hydrogen) atoms. The molecule has 2 aliphatic rings. The SMILES string of the molecule is C=C1Cc2c(C)cccc2N1.Cc1cccc2[nH]ccc12.Cc1cccc2[nH]ccc12.Cc1cccc2[nH]ccc12.Cc1cccc2c1CCN2.Cc1cccc2ccccc12.[B]C. The van der Waals surface area contributed by atoms with Gasteiger partial charge in [0.2, 0.25) is 0 Å². The second kappa shape index (κ2) is 22.8. The lowest BCUT2D eigenvalue weighted by molar-refractivity contribution is 1.09. The molecular weight excluding hydrogens is 777 g/mol. The van der Waals surface area contributed by atoms with E-state index in [1.54, 1.807) is 0 Å². The van der Waals surface area contributed by atoms with Crippen LogP contribution in [0.2, 0.25) is 6.82 Å². The van der Waals surface area contributed by atoms with E-state index in [1.165, 1.54) is 113 Å². The highest BCUT2D eigenvalue weighted by atomic mass is 14.9. The van der Waals surface area contributed by atoms with E-state index >= 15 is 0 Å². The Labute approximate surface area is 381 Å². The summed E-state index contributed by atoms with van der Waals surface area (Å²) in [6.07, 6.45) is 8.09. The van der Waals surface area contributed by atoms with Gasteiger partial charge in [-0.25, -0.2) is 0 Å². The Kier molecular flexibility index (Phi) is 16.5. The van der Waals surface area contributed by atoms with Crippen LogP contribution in [0.3, 0.4) is 0 Å². The average molecular weight is 840 g/mol. The third-order valence-electron chi connectivity index (χ3n) is 11.7. The van der Waals surface area contributed by atoms with Crippen molar-refractivity contribution in [1.82, 2.24) is 15.0 Å². The fourth-order valence-electron chi connectivity index (χ4n) is 8.14. The summed E-state index contributed by atoms with van der Waals surface area (Å²) in [5.41, 5.74) is 18.4. The number of aromatic amines is 3. The van der Waals surface area contributed by atoms with Gasteiger partial charge in [0.15, 0.2) is 0 Å². The number of H-pyrrole nitrogens is 3. The van der Waals surface area contributed by atoms with Crippen molar-refractivity contribution in [2.75, 3.05) is 17.2 Å². The van der Waals surface area contributed by atoms with Crippen molar-refractivity contribution >= 4 is 62.7 Å². The summed E-state index contributed by atoms with van der Waals surface area (Å²) in [6.45, 7) is 19.3. The molecule has 2 radical (unpaired) electrons. The molecule has 3 aromatic heterocycles. The predicted octanol–water partition coefficient (Wildman–Crippen LogP) is 15.2. The first kappa shape index (κ1) is 46.3. The van der Waals surface area contributed by atoms with Crippen LogP contribution in [0, 0.1) is 41.5 Å². The van der Waals surface area contributed by atoms with Crippen molar-refractivity contribution < 1.29 is 0 Å². The van der Waals surface area contributed by atoms with Gasteiger partial charge in [0.1, 0.15) is 0 Å². The van der Waals surface area contributed by atoms with Gasteiger partial charge in [0.05, 0.1) is 7.85 Å². The largest absolute Gasteiger partial charge is 0.384 e. The normalized spacial score (nSPS) is 11.5. The molecular formula is C58H62BN5. The number of allylic oxidation sites excluding steroid dienone is 1. The van der Waals surface area contributed by atoms with E-state index in [0.717, 1.165) is 18.7 Å². The Morgan fingerprint density at radius 1 is 0.406 bits per heavy atom. The quantitative estimate of drug-likeness (QED) is 0.0987. The third-order valence-corrected chi connectivity index (χ3v) is 11.7. The Morgan fingerprint density at radius 3 is 1.28 bits per heavy atom. The third kappa shape index (κ3) is 11.8. The molecule has 0 saturated heterocycles. The van der Waals surface area contributed by atoms with Crippen LogP contribution < -0.4 is 10.6 Å². The maximum Gasteiger partial charge on any atom is 0.0606 e. The Balaban J connectivity index is 0.000000127. The minimum Gasteiger partial charge on any atom is -0.384 e. The molecule has 5 nitrogen and oxygen atoms in total. The highest BCUT2D eigenvalue weighted by molar-refractivity contribution is 6.05. The van der Waals surface area contributed by atoms with E-state index in [2.05, 4.69) is 233 Å². The van der Waals surface area contributed by atoms with Crippen LogP contribution in [0.15, 0.2) is 183 Å². The van der Waals surface area contributed by atoms with E-state index in [0.29, 0.717) is 0 Å². The number of nitrogens with one attached hydrogen (secondary N) is 5. The Morgan fingerprint density at radius 2 is 0.812 bits per heavy atom. The lowest BCUT2D eigenvalue weighted by Crippen LogP contribution is -1.90. The van der Waals surface area contributed by atoms with Gasteiger partial charge in [-0.05, 0) is 152 Å². The van der Waals surface area contributed by atoms with Crippen molar-refractivity contribution in [2.45, 2.75) is 61.2 Å². The summed E-state index contributed by atoms with van der Waals surface area (Å²) in [7, 11) is 4.50. The zero-order chi connectivity index (χ0) is 45.4. The fourth-order valence-corrected chi connectivity index (χ4v) is 8.14. The summed E-state index contributed by atoms with van der Waals surface area (Å²) in [5, 5.41) is 13.2. The number of anilines is 2. The van der Waals surface area contributed by atoms with Crippen LogP contribution in [-0.2, 0) is 12.8 Å². The molecule has 2 aliphatic heterocycles. The van der Waals surface area contributed by atoms with Gasteiger partial charge in [-0.1, -0.05) is 117 Å². The fraction of sp³-hybridized carbons (Fsp3) is 0.172. The molecule has 0 spiro atoms. The minimum atomic E-state index is 0.988. The van der Waals surface area contributed by atoms with Crippen LogP contribution in [0.4, 0.5) is 11.4 Å². The first-order valence-electron chi connectivity index (χ1n) is 22.1. The number of aromatic nitrogens is 3. The number of fused-ring (bicyclic) bond motifs is 6. The first-order chi connectivity index (χ1) is 31.2. The molecule has 5 heterocycles. The molecule has 5 N–H and O–H groups in total. The maximum atomic E-state index is 4.50. The zero-order valence-electron chi connectivity index (χ0n) is 38.6. The number of aryl methyl sites for hydroxylation is 6. The molecule has 12 rings (SSSR count). The minimum absolute atomic E-state index is 0.988. The maximum absolute atomic E-state index is 4.50. The Bertz CT molecular complexity index is 2880. The van der Waals surface area contributed by atoms with Gasteiger partial charge < -0.3 is 25.6 Å². The molecule has 0 fully saturated rings. The van der Waals surface area contributed by atoms with Crippen molar-refractivity contribution in [3.05, 3.63) is 227 Å². The average Bonchev–Trinajstić information content (AvgIpc) is 4.17. The number of hydrogen-bond donors (Lipinski definition) is 5. The highest BCUT2D eigenvalue weighted by Gasteiger charge is 2.14. The molecule has 6 heteroatoms. The second-order valence-electron chi connectivity index (χ2n) is 16.1. The van der Waals surface area contributed by atoms with Crippen LogP contribution in [0.5, 0.6) is 0 Å². The molecule has 7 aromatic carbocycles. The van der Waals surface area contributed by atoms with E-state index in [9.17, 15) is 0 Å². The molecule has 10 aromatic rings. The molecule has 322 valence electrons. The van der Waals surface area contributed by atoms with Gasteiger partial charge in [-0.3, -0.25) is 0 Å². The van der Waals surface area contributed by atoms with E-state index in [1.807, 2.05) is 18.6 Å². The standard InChI is InChI=1S/C11H10.C10H11N.C9H11N.3C9H9N.CH3B/c1-9-5-4-7-10-6-2-3-8-11(9)10;1-7-4-3-5-10-9(7)6-8(2)11-10;4*1-7-3-2-4-9-8(7)5-6-10-9;1-2/h2-8H,1H3;3-5,11H,2,6H2,1H3;2-4,10H,5-6H2,1H3;3*2-6,10H,1H3;1H3. The summed E-state index contributed by atoms with van der Waals surface area (Å²) in [6, 6.07) is 52.7. The molecule has 0 saturated carbocycles. The summed E-state index contributed by atoms with van der Waals surface area (Å²) >= 11 is 0. The number of hydrogen-bond acceptors (Lipinski definition) is 2. The molecule has 0 bridgehead atoms. The van der Waals surface area contributed by atoms with Crippen molar-refractivity contribution in [3.8, 4) is 0 Å². The first-order valence-corrected chi connectivity index (χ1v) is 22.1.